The van der Waals surface area contributed by atoms with E-state index in [0.717, 1.165) is 5.56 Å². The van der Waals surface area contributed by atoms with Crippen LogP contribution >= 0.6 is 0 Å². The van der Waals surface area contributed by atoms with Crippen LogP contribution in [0.25, 0.3) is 0 Å². The molecule has 3 aromatic carbocycles. The maximum atomic E-state index is 13.1. The van der Waals surface area contributed by atoms with Crippen molar-refractivity contribution >= 4 is 29.4 Å². The Kier molecular flexibility index (Phi) is 9.69. The zero-order valence-electron chi connectivity index (χ0n) is 20.3. The number of urea groups is 2. The number of aryl methyl sites for hydroxylation is 1. The molecule has 0 atom stereocenters. The van der Waals surface area contributed by atoms with Gasteiger partial charge >= 0.3 is 18.0 Å². The number of amides is 4. The number of hydrogen-bond donors (Lipinski definition) is 3. The van der Waals surface area contributed by atoms with Crippen molar-refractivity contribution in [3.63, 3.8) is 0 Å². The zero-order valence-corrected chi connectivity index (χ0v) is 20.3. The highest BCUT2D eigenvalue weighted by Gasteiger charge is 2.17. The van der Waals surface area contributed by atoms with Gasteiger partial charge in [0.1, 0.15) is 18.0 Å². The van der Waals surface area contributed by atoms with Crippen LogP contribution in [0.1, 0.15) is 12.5 Å². The lowest BCUT2D eigenvalue weighted by molar-refractivity contribution is -0.141. The van der Waals surface area contributed by atoms with Gasteiger partial charge in [-0.05, 0) is 62.4 Å². The second-order valence-electron chi connectivity index (χ2n) is 7.77. The Labute approximate surface area is 210 Å². The minimum Gasteiger partial charge on any atom is -0.465 e. The van der Waals surface area contributed by atoms with Crippen LogP contribution < -0.4 is 25.6 Å². The fourth-order valence-electron chi connectivity index (χ4n) is 3.20. The molecule has 3 aromatic rings. The predicted octanol–water partition coefficient (Wildman–Crippen LogP) is 4.69. The molecule has 0 unspecified atom stereocenters. The van der Waals surface area contributed by atoms with Gasteiger partial charge in [-0.15, -0.1) is 0 Å². The van der Waals surface area contributed by atoms with Crippen molar-refractivity contribution in [3.05, 3.63) is 84.4 Å². The number of nitrogens with one attached hydrogen (secondary N) is 3. The van der Waals surface area contributed by atoms with E-state index < -0.39 is 12.0 Å². The average molecular weight is 491 g/mol. The second-order valence-corrected chi connectivity index (χ2v) is 7.77. The number of anilines is 2. The third kappa shape index (κ3) is 8.35. The summed E-state index contributed by atoms with van der Waals surface area (Å²) in [6, 6.07) is 23.0. The van der Waals surface area contributed by atoms with Crippen LogP contribution in [0.4, 0.5) is 21.0 Å². The van der Waals surface area contributed by atoms with E-state index in [0.29, 0.717) is 22.9 Å². The van der Waals surface area contributed by atoms with E-state index in [1.54, 1.807) is 31.2 Å². The Morgan fingerprint density at radius 3 is 2.17 bits per heavy atom. The van der Waals surface area contributed by atoms with Gasteiger partial charge in [-0.1, -0.05) is 35.9 Å². The molecule has 0 aliphatic rings. The first-order valence-corrected chi connectivity index (χ1v) is 11.6. The van der Waals surface area contributed by atoms with E-state index in [4.69, 9.17) is 9.47 Å². The van der Waals surface area contributed by atoms with Crippen LogP contribution in [0.2, 0.25) is 0 Å². The smallest absolute Gasteiger partial charge is 0.326 e. The first-order chi connectivity index (χ1) is 17.4. The Bertz CT molecular complexity index is 1140. The number of hydrogen-bond acceptors (Lipinski definition) is 5. The van der Waals surface area contributed by atoms with Crippen molar-refractivity contribution in [2.75, 3.05) is 36.5 Å². The second kappa shape index (κ2) is 13.4. The van der Waals surface area contributed by atoms with Crippen molar-refractivity contribution in [2.24, 2.45) is 0 Å². The Hall–Kier alpha value is -4.53. The van der Waals surface area contributed by atoms with E-state index in [9.17, 15) is 14.4 Å². The number of nitrogens with zero attached hydrogens (tertiary/aromatic N) is 1. The highest BCUT2D eigenvalue weighted by molar-refractivity contribution is 6.01. The topological polar surface area (TPSA) is 109 Å². The van der Waals surface area contributed by atoms with Gasteiger partial charge in [0.05, 0.1) is 6.61 Å². The highest BCUT2D eigenvalue weighted by atomic mass is 16.5. The lowest BCUT2D eigenvalue weighted by Crippen LogP contribution is -2.44. The summed E-state index contributed by atoms with van der Waals surface area (Å²) in [5.74, 6) is 0.808. The minimum atomic E-state index is -0.534. The monoisotopic (exact) mass is 490 g/mol. The maximum Gasteiger partial charge on any atom is 0.326 e. The number of carbonyl (C=O) groups is 3. The van der Waals surface area contributed by atoms with Gasteiger partial charge in [0, 0.05) is 24.5 Å². The molecule has 0 radical (unpaired) electrons. The van der Waals surface area contributed by atoms with Gasteiger partial charge in [0.25, 0.3) is 0 Å². The van der Waals surface area contributed by atoms with E-state index >= 15 is 0 Å². The molecule has 3 rings (SSSR count). The molecule has 36 heavy (non-hydrogen) atoms. The van der Waals surface area contributed by atoms with E-state index in [1.807, 2.05) is 61.5 Å². The standard InChI is InChI=1S/C27H30N4O5/c1-3-35-25(32)19-29-26(33)28-17-18-31(27(34)30-21-11-9-20(2)10-12-21)22-13-15-24(16-14-22)36-23-7-5-4-6-8-23/h4-16H,3,17-19H2,1-2H3,(H,30,34)(H2,28,29,33). The number of para-hydroxylation sites is 1. The van der Waals surface area contributed by atoms with Crippen molar-refractivity contribution in [1.29, 1.82) is 0 Å². The van der Waals surface area contributed by atoms with E-state index in [2.05, 4.69) is 16.0 Å². The van der Waals surface area contributed by atoms with Crippen molar-refractivity contribution in [1.82, 2.24) is 10.6 Å². The molecule has 4 amide bonds. The van der Waals surface area contributed by atoms with Crippen LogP contribution in [0.5, 0.6) is 11.5 Å². The summed E-state index contributed by atoms with van der Waals surface area (Å²) >= 11 is 0. The number of rotatable bonds is 10. The van der Waals surface area contributed by atoms with Gasteiger partial charge in [0.15, 0.2) is 0 Å². The fourth-order valence-corrected chi connectivity index (χ4v) is 3.20. The molecule has 0 saturated carbocycles. The van der Waals surface area contributed by atoms with Crippen LogP contribution in [0.15, 0.2) is 78.9 Å². The van der Waals surface area contributed by atoms with Gasteiger partial charge < -0.3 is 25.4 Å². The molecule has 0 spiro atoms. The molecule has 0 fully saturated rings. The molecule has 188 valence electrons. The number of benzene rings is 3. The molecule has 9 nitrogen and oxygen atoms in total. The molecule has 9 heteroatoms. The maximum absolute atomic E-state index is 13.1. The van der Waals surface area contributed by atoms with Gasteiger partial charge in [-0.2, -0.15) is 0 Å². The minimum absolute atomic E-state index is 0.151. The molecular formula is C27H30N4O5. The normalized spacial score (nSPS) is 10.2. The molecule has 0 aromatic heterocycles. The SMILES string of the molecule is CCOC(=O)CNC(=O)NCCN(C(=O)Nc1ccc(C)cc1)c1ccc(Oc2ccccc2)cc1. The predicted molar refractivity (Wildman–Crippen MR) is 139 cm³/mol. The van der Waals surface area contributed by atoms with E-state index in [1.165, 1.54) is 4.90 Å². The number of carbonyl (C=O) groups excluding carboxylic acids is 3. The third-order valence-electron chi connectivity index (χ3n) is 4.99. The molecule has 3 N–H and O–H groups in total. The lowest BCUT2D eigenvalue weighted by Gasteiger charge is -2.24. The summed E-state index contributed by atoms with van der Waals surface area (Å²) in [7, 11) is 0. The molecule has 0 heterocycles. The summed E-state index contributed by atoms with van der Waals surface area (Å²) in [5, 5.41) is 7.95. The summed E-state index contributed by atoms with van der Waals surface area (Å²) < 4.78 is 10.6. The fraction of sp³-hybridized carbons (Fsp3) is 0.222. The molecule has 0 aliphatic carbocycles. The lowest BCUT2D eigenvalue weighted by atomic mass is 10.2. The summed E-state index contributed by atoms with van der Waals surface area (Å²) in [5.41, 5.74) is 2.35. The Morgan fingerprint density at radius 2 is 1.50 bits per heavy atom. The Balaban J connectivity index is 1.65. The van der Waals surface area contributed by atoms with Crippen LogP contribution in [-0.2, 0) is 9.53 Å². The van der Waals surface area contributed by atoms with E-state index in [-0.39, 0.29) is 32.3 Å². The van der Waals surface area contributed by atoms with Crippen LogP contribution in [0, 0.1) is 6.92 Å². The third-order valence-corrected chi connectivity index (χ3v) is 4.99. The van der Waals surface area contributed by atoms with Crippen molar-refractivity contribution in [2.45, 2.75) is 13.8 Å². The Morgan fingerprint density at radius 1 is 0.833 bits per heavy atom. The number of ether oxygens (including phenoxy) is 2. The quantitative estimate of drug-likeness (QED) is 0.357. The van der Waals surface area contributed by atoms with Crippen molar-refractivity contribution in [3.8, 4) is 11.5 Å². The summed E-state index contributed by atoms with van der Waals surface area (Å²) in [4.78, 5) is 38.1. The van der Waals surface area contributed by atoms with Gasteiger partial charge in [-0.3, -0.25) is 9.69 Å². The summed E-state index contributed by atoms with van der Waals surface area (Å²) in [6.07, 6.45) is 0. The van der Waals surface area contributed by atoms with Gasteiger partial charge in [-0.25, -0.2) is 9.59 Å². The first kappa shape index (κ1) is 26.1. The molecular weight excluding hydrogens is 460 g/mol. The van der Waals surface area contributed by atoms with Crippen LogP contribution in [0.3, 0.4) is 0 Å². The average Bonchev–Trinajstić information content (AvgIpc) is 2.88. The molecule has 0 saturated heterocycles. The molecule has 0 aliphatic heterocycles. The van der Waals surface area contributed by atoms with Crippen LogP contribution in [-0.4, -0.2) is 44.3 Å². The molecule has 0 bridgehead atoms. The van der Waals surface area contributed by atoms with Gasteiger partial charge in [0.2, 0.25) is 0 Å². The van der Waals surface area contributed by atoms with Crippen molar-refractivity contribution < 1.29 is 23.9 Å². The largest absolute Gasteiger partial charge is 0.465 e. The number of esters is 1. The first-order valence-electron chi connectivity index (χ1n) is 11.6. The highest BCUT2D eigenvalue weighted by Crippen LogP contribution is 2.25. The zero-order chi connectivity index (χ0) is 25.8. The summed E-state index contributed by atoms with van der Waals surface area (Å²) in [6.45, 7) is 3.99.